The number of aromatic nitrogens is 1. The highest BCUT2D eigenvalue weighted by Gasteiger charge is 2.23. The van der Waals surface area contributed by atoms with Crippen LogP contribution in [0, 0.1) is 6.92 Å². The molecule has 4 rings (SSSR count). The van der Waals surface area contributed by atoms with Crippen LogP contribution in [0.3, 0.4) is 0 Å². The lowest BCUT2D eigenvalue weighted by molar-refractivity contribution is 0.146. The maximum absolute atomic E-state index is 5.65. The molecule has 0 radical (unpaired) electrons. The summed E-state index contributed by atoms with van der Waals surface area (Å²) in [5.41, 5.74) is 10.6. The Hall–Kier alpha value is -3.43. The van der Waals surface area contributed by atoms with Gasteiger partial charge in [0.05, 0.1) is 36.4 Å². The predicted octanol–water partition coefficient (Wildman–Crippen LogP) is 3.36. The number of fused-ring (bicyclic) bond motifs is 1. The molecule has 0 unspecified atom stereocenters. The molecule has 2 aromatic rings. The molecule has 2 aliphatic rings. The van der Waals surface area contributed by atoms with Crippen LogP contribution in [0.2, 0.25) is 0 Å². The van der Waals surface area contributed by atoms with Crippen molar-refractivity contribution in [1.29, 1.82) is 0 Å². The van der Waals surface area contributed by atoms with Crippen molar-refractivity contribution in [1.82, 2.24) is 4.98 Å². The van der Waals surface area contributed by atoms with Gasteiger partial charge in [-0.15, -0.1) is 0 Å². The number of aliphatic imine (C=N–C) groups is 2. The zero-order valence-electron chi connectivity index (χ0n) is 20.2. The van der Waals surface area contributed by atoms with Crippen LogP contribution in [0.1, 0.15) is 12.0 Å². The molecule has 0 bridgehead atoms. The zero-order valence-corrected chi connectivity index (χ0v) is 20.2. The fourth-order valence-electron chi connectivity index (χ4n) is 3.81. The highest BCUT2D eigenvalue weighted by molar-refractivity contribution is 5.83. The maximum Gasteiger partial charge on any atom is 0.237 e. The van der Waals surface area contributed by atoms with Gasteiger partial charge in [-0.3, -0.25) is 9.98 Å². The van der Waals surface area contributed by atoms with E-state index in [-0.39, 0.29) is 0 Å². The normalized spacial score (nSPS) is 15.1. The van der Waals surface area contributed by atoms with Crippen LogP contribution in [0.4, 0.5) is 17.1 Å². The van der Waals surface area contributed by atoms with Crippen molar-refractivity contribution in [2.45, 2.75) is 13.3 Å². The molecule has 0 saturated carbocycles. The molecule has 0 amide bonds. The minimum absolute atomic E-state index is 0.527. The summed E-state index contributed by atoms with van der Waals surface area (Å²) in [6, 6.07) is 7.70. The van der Waals surface area contributed by atoms with E-state index in [0.717, 1.165) is 59.2 Å². The van der Waals surface area contributed by atoms with Crippen LogP contribution in [0.25, 0.3) is 0 Å². The first kappa shape index (κ1) is 25.2. The minimum atomic E-state index is 0.527. The second-order valence-corrected chi connectivity index (χ2v) is 7.62. The summed E-state index contributed by atoms with van der Waals surface area (Å²) in [5, 5.41) is 3.40. The molecular formula is C25H34N6O3. The van der Waals surface area contributed by atoms with Gasteiger partial charge in [0.25, 0.3) is 0 Å². The summed E-state index contributed by atoms with van der Waals surface area (Å²) < 4.78 is 16.2. The second kappa shape index (κ2) is 12.7. The highest BCUT2D eigenvalue weighted by atomic mass is 16.5. The van der Waals surface area contributed by atoms with Gasteiger partial charge >= 0.3 is 0 Å². The monoisotopic (exact) mass is 466 g/mol. The molecule has 0 spiro atoms. The number of nitrogens with zero attached hydrogens (tertiary/aromatic N) is 4. The molecule has 9 nitrogen and oxygen atoms in total. The van der Waals surface area contributed by atoms with E-state index < -0.39 is 0 Å². The van der Waals surface area contributed by atoms with Crippen molar-refractivity contribution < 1.29 is 14.2 Å². The number of methoxy groups -OCH3 is 1. The molecule has 0 atom stereocenters. The number of benzene rings is 1. The summed E-state index contributed by atoms with van der Waals surface area (Å²) in [5.74, 6) is 1.48. The average Bonchev–Trinajstić information content (AvgIpc) is 2.90. The number of nitrogens with one attached hydrogen (secondary N) is 1. The van der Waals surface area contributed by atoms with Gasteiger partial charge in [0.15, 0.2) is 0 Å². The van der Waals surface area contributed by atoms with Crippen LogP contribution >= 0.6 is 0 Å². The Bertz CT molecular complexity index is 1020. The lowest BCUT2D eigenvalue weighted by Gasteiger charge is -2.32. The van der Waals surface area contributed by atoms with Crippen molar-refractivity contribution in [3.63, 3.8) is 0 Å². The Labute approximate surface area is 201 Å². The molecule has 1 aromatic heterocycles. The topological polar surface area (TPSA) is 107 Å². The number of hydrogen-bond donors (Lipinski definition) is 2. The smallest absolute Gasteiger partial charge is 0.237 e. The third-order valence-electron chi connectivity index (χ3n) is 5.58. The quantitative estimate of drug-likeness (QED) is 0.454. The largest absolute Gasteiger partial charge is 0.491 e. The predicted molar refractivity (Wildman–Crippen MR) is 138 cm³/mol. The molecule has 1 aromatic carbocycles. The Morgan fingerprint density at radius 3 is 2.79 bits per heavy atom. The Morgan fingerprint density at radius 2 is 2.06 bits per heavy atom. The van der Waals surface area contributed by atoms with E-state index >= 15 is 0 Å². The van der Waals surface area contributed by atoms with Gasteiger partial charge < -0.3 is 30.2 Å². The van der Waals surface area contributed by atoms with Gasteiger partial charge in [-0.25, -0.2) is 4.98 Å². The Morgan fingerprint density at radius 1 is 1.26 bits per heavy atom. The Balaban J connectivity index is 0.00000158. The zero-order chi connectivity index (χ0) is 24.3. The summed E-state index contributed by atoms with van der Waals surface area (Å²) in [6.45, 7) is 9.93. The van der Waals surface area contributed by atoms with E-state index in [9.17, 15) is 0 Å². The van der Waals surface area contributed by atoms with Crippen molar-refractivity contribution in [2.75, 3.05) is 63.8 Å². The summed E-state index contributed by atoms with van der Waals surface area (Å²) in [4.78, 5) is 15.7. The van der Waals surface area contributed by atoms with Crippen LogP contribution in [-0.4, -0.2) is 71.5 Å². The molecule has 0 aliphatic carbocycles. The first-order valence-corrected chi connectivity index (χ1v) is 11.3. The van der Waals surface area contributed by atoms with Crippen LogP contribution in [0.15, 0.2) is 51.7 Å². The number of hydrogen-bond acceptors (Lipinski definition) is 9. The van der Waals surface area contributed by atoms with E-state index in [0.29, 0.717) is 32.2 Å². The van der Waals surface area contributed by atoms with Crippen LogP contribution in [0.5, 0.6) is 11.6 Å². The summed E-state index contributed by atoms with van der Waals surface area (Å²) in [7, 11) is 3.16. The minimum Gasteiger partial charge on any atom is -0.491 e. The SMILES string of the molecule is C=NC1=C(C=Nc2ccc(OCCOC)cc2)CCN(c2cnc3c(c2C)NCCO3)C1.CN. The van der Waals surface area contributed by atoms with Crippen LogP contribution in [-0.2, 0) is 4.74 Å². The van der Waals surface area contributed by atoms with Gasteiger partial charge in [-0.05, 0) is 56.9 Å². The number of ether oxygens (including phenoxy) is 3. The van der Waals surface area contributed by atoms with Gasteiger partial charge in [-0.1, -0.05) is 0 Å². The fraction of sp³-hybridized carbons (Fsp3) is 0.400. The molecule has 34 heavy (non-hydrogen) atoms. The number of anilines is 2. The highest BCUT2D eigenvalue weighted by Crippen LogP contribution is 2.36. The van der Waals surface area contributed by atoms with Crippen molar-refractivity contribution in [2.24, 2.45) is 15.7 Å². The summed E-state index contributed by atoms with van der Waals surface area (Å²) >= 11 is 0. The first-order chi connectivity index (χ1) is 16.7. The number of rotatable bonds is 8. The van der Waals surface area contributed by atoms with Crippen molar-refractivity contribution >= 4 is 30.0 Å². The van der Waals surface area contributed by atoms with E-state index in [1.165, 1.54) is 7.05 Å². The van der Waals surface area contributed by atoms with E-state index in [1.807, 2.05) is 36.7 Å². The number of nitrogens with two attached hydrogens (primary N) is 1. The van der Waals surface area contributed by atoms with Crippen LogP contribution < -0.4 is 25.4 Å². The Kier molecular flexibility index (Phi) is 9.42. The third-order valence-corrected chi connectivity index (χ3v) is 5.58. The molecule has 0 fully saturated rings. The van der Waals surface area contributed by atoms with Crippen molar-refractivity contribution in [3.05, 3.63) is 47.3 Å². The molecule has 9 heteroatoms. The lowest BCUT2D eigenvalue weighted by atomic mass is 10.0. The summed E-state index contributed by atoms with van der Waals surface area (Å²) in [6.07, 6.45) is 4.61. The van der Waals surface area contributed by atoms with Gasteiger partial charge in [-0.2, -0.15) is 0 Å². The number of pyridine rings is 1. The first-order valence-electron chi connectivity index (χ1n) is 11.3. The molecule has 3 N–H and O–H groups in total. The van der Waals surface area contributed by atoms with E-state index in [1.54, 1.807) is 7.11 Å². The standard InChI is InChI=1S/C24H29N5O3.CH5N/c1-17-22(15-28-24-23(17)26-9-11-32-24)29-10-8-18(21(16-29)25-2)14-27-19-4-6-20(7-5-19)31-13-12-30-3;1-2/h4-7,14-15,26H,2,8-13,16H2,1,3H3;2H2,1H3. The average molecular weight is 467 g/mol. The molecule has 3 heterocycles. The van der Waals surface area contributed by atoms with Gasteiger partial charge in [0.2, 0.25) is 5.88 Å². The third kappa shape index (κ3) is 6.12. The van der Waals surface area contributed by atoms with Gasteiger partial charge in [0.1, 0.15) is 24.7 Å². The molecule has 0 saturated heterocycles. The molecular weight excluding hydrogens is 432 g/mol. The molecule has 2 aliphatic heterocycles. The van der Waals surface area contributed by atoms with E-state index in [2.05, 4.69) is 44.6 Å². The van der Waals surface area contributed by atoms with E-state index in [4.69, 9.17) is 14.2 Å². The van der Waals surface area contributed by atoms with Crippen molar-refractivity contribution in [3.8, 4) is 11.6 Å². The second-order valence-electron chi connectivity index (χ2n) is 7.62. The molecule has 182 valence electrons. The lowest BCUT2D eigenvalue weighted by Crippen LogP contribution is -2.33. The fourth-order valence-corrected chi connectivity index (χ4v) is 3.81. The van der Waals surface area contributed by atoms with Gasteiger partial charge in [0, 0.05) is 32.0 Å². The maximum atomic E-state index is 5.65.